The van der Waals surface area contributed by atoms with Crippen LogP contribution in [0, 0.1) is 21.4 Å². The van der Waals surface area contributed by atoms with Crippen LogP contribution >= 0.6 is 0 Å². The molecular formula is C24H23N3O7. The molecule has 1 unspecified atom stereocenters. The largest absolute Gasteiger partial charge is 0.493 e. The van der Waals surface area contributed by atoms with E-state index in [1.54, 1.807) is 44.2 Å². The van der Waals surface area contributed by atoms with E-state index in [1.165, 1.54) is 19.2 Å². The van der Waals surface area contributed by atoms with Crippen molar-refractivity contribution in [1.29, 1.82) is 5.26 Å². The van der Waals surface area contributed by atoms with E-state index in [-0.39, 0.29) is 41.7 Å². The van der Waals surface area contributed by atoms with Crippen LogP contribution in [0.5, 0.6) is 11.5 Å². The van der Waals surface area contributed by atoms with Gasteiger partial charge in [0, 0.05) is 12.1 Å². The summed E-state index contributed by atoms with van der Waals surface area (Å²) in [6.07, 6.45) is 0. The minimum absolute atomic E-state index is 0.0106. The fourth-order valence-electron chi connectivity index (χ4n) is 3.55. The minimum atomic E-state index is -0.810. The molecule has 1 heterocycles. The van der Waals surface area contributed by atoms with Gasteiger partial charge >= 0.3 is 5.97 Å². The summed E-state index contributed by atoms with van der Waals surface area (Å²) in [5.41, 5.74) is 7.47. The first-order valence-electron chi connectivity index (χ1n) is 10.3. The third kappa shape index (κ3) is 4.94. The minimum Gasteiger partial charge on any atom is -0.493 e. The normalized spacial score (nSPS) is 15.3. The van der Waals surface area contributed by atoms with Crippen molar-refractivity contribution in [3.63, 3.8) is 0 Å². The van der Waals surface area contributed by atoms with Crippen molar-refractivity contribution in [3.8, 4) is 17.6 Å². The van der Waals surface area contributed by atoms with Crippen molar-refractivity contribution in [2.24, 2.45) is 5.73 Å². The average Bonchev–Trinajstić information content (AvgIpc) is 2.82. The Balaban J connectivity index is 1.93. The van der Waals surface area contributed by atoms with Gasteiger partial charge in [-0.15, -0.1) is 0 Å². The summed E-state index contributed by atoms with van der Waals surface area (Å²) in [5.74, 6) is -0.487. The highest BCUT2D eigenvalue weighted by atomic mass is 16.6. The lowest BCUT2D eigenvalue weighted by atomic mass is 9.83. The highest BCUT2D eigenvalue weighted by molar-refractivity contribution is 5.92. The Kier molecular flexibility index (Phi) is 7.38. The number of nitriles is 1. The second kappa shape index (κ2) is 10.4. The lowest BCUT2D eigenvalue weighted by Gasteiger charge is -2.27. The van der Waals surface area contributed by atoms with Crippen molar-refractivity contribution < 1.29 is 28.7 Å². The Hall–Kier alpha value is -4.52. The predicted octanol–water partition coefficient (Wildman–Crippen LogP) is 3.83. The number of nitrogens with zero attached hydrogens (tertiary/aromatic N) is 2. The van der Waals surface area contributed by atoms with E-state index in [1.807, 2.05) is 6.07 Å². The Morgan fingerprint density at radius 1 is 1.24 bits per heavy atom. The summed E-state index contributed by atoms with van der Waals surface area (Å²) in [7, 11) is 1.46. The second-order valence-corrected chi connectivity index (χ2v) is 7.24. The van der Waals surface area contributed by atoms with Gasteiger partial charge in [0.05, 0.1) is 30.1 Å². The van der Waals surface area contributed by atoms with Crippen molar-refractivity contribution in [3.05, 3.63) is 86.5 Å². The van der Waals surface area contributed by atoms with Gasteiger partial charge in [-0.2, -0.15) is 5.26 Å². The van der Waals surface area contributed by atoms with Crippen molar-refractivity contribution in [2.75, 3.05) is 13.7 Å². The van der Waals surface area contributed by atoms with E-state index in [2.05, 4.69) is 0 Å². The molecule has 0 spiro atoms. The number of rotatable bonds is 8. The number of non-ortho nitro benzene ring substituents is 1. The number of carbonyl (C=O) groups excluding carboxylic acids is 1. The van der Waals surface area contributed by atoms with Gasteiger partial charge in [-0.25, -0.2) is 4.79 Å². The molecule has 34 heavy (non-hydrogen) atoms. The van der Waals surface area contributed by atoms with Crippen LogP contribution in [0.4, 0.5) is 5.69 Å². The van der Waals surface area contributed by atoms with Crippen LogP contribution < -0.4 is 15.2 Å². The molecule has 0 bridgehead atoms. The fourth-order valence-corrected chi connectivity index (χ4v) is 3.55. The quantitative estimate of drug-likeness (QED) is 0.349. The summed E-state index contributed by atoms with van der Waals surface area (Å²) < 4.78 is 21.9. The molecule has 10 nitrogen and oxygen atoms in total. The summed E-state index contributed by atoms with van der Waals surface area (Å²) >= 11 is 0. The van der Waals surface area contributed by atoms with Gasteiger partial charge < -0.3 is 24.7 Å². The maximum Gasteiger partial charge on any atom is 0.338 e. The maximum absolute atomic E-state index is 12.7. The maximum atomic E-state index is 12.7. The smallest absolute Gasteiger partial charge is 0.338 e. The molecule has 0 radical (unpaired) electrons. The van der Waals surface area contributed by atoms with Gasteiger partial charge in [0.25, 0.3) is 5.69 Å². The van der Waals surface area contributed by atoms with Crippen LogP contribution in [-0.2, 0) is 20.9 Å². The molecule has 0 aliphatic carbocycles. The van der Waals surface area contributed by atoms with Crippen LogP contribution in [0.3, 0.4) is 0 Å². The molecule has 0 saturated heterocycles. The van der Waals surface area contributed by atoms with Crippen molar-refractivity contribution in [2.45, 2.75) is 26.4 Å². The van der Waals surface area contributed by atoms with Crippen LogP contribution in [0.1, 0.15) is 30.9 Å². The molecule has 1 aliphatic rings. The molecule has 0 aromatic heterocycles. The number of allylic oxidation sites excluding steroid dienone is 2. The summed E-state index contributed by atoms with van der Waals surface area (Å²) in [4.78, 5) is 23.0. The van der Waals surface area contributed by atoms with E-state index < -0.39 is 16.8 Å². The van der Waals surface area contributed by atoms with Crippen LogP contribution in [0.15, 0.2) is 65.3 Å². The number of nitro benzene ring substituents is 1. The zero-order valence-electron chi connectivity index (χ0n) is 18.9. The van der Waals surface area contributed by atoms with E-state index in [4.69, 9.17) is 24.7 Å². The number of methoxy groups -OCH3 is 1. The molecule has 2 N–H and O–H groups in total. The lowest BCUT2D eigenvalue weighted by Crippen LogP contribution is -2.25. The molecule has 1 aliphatic heterocycles. The molecule has 2 aromatic carbocycles. The number of hydrogen-bond donors (Lipinski definition) is 1. The first-order valence-corrected chi connectivity index (χ1v) is 10.3. The zero-order chi connectivity index (χ0) is 24.8. The first-order chi connectivity index (χ1) is 16.3. The van der Waals surface area contributed by atoms with Gasteiger partial charge in [-0.3, -0.25) is 10.1 Å². The molecule has 1 atom stereocenters. The summed E-state index contributed by atoms with van der Waals surface area (Å²) in [6, 6.07) is 13.0. The van der Waals surface area contributed by atoms with E-state index in [0.717, 1.165) is 5.56 Å². The van der Waals surface area contributed by atoms with Crippen molar-refractivity contribution in [1.82, 2.24) is 0 Å². The average molecular weight is 465 g/mol. The lowest BCUT2D eigenvalue weighted by molar-refractivity contribution is -0.384. The molecule has 2 aromatic rings. The van der Waals surface area contributed by atoms with Gasteiger partial charge in [-0.05, 0) is 49.2 Å². The number of carbonyl (C=O) groups is 1. The van der Waals surface area contributed by atoms with Crippen LogP contribution in [0.2, 0.25) is 0 Å². The Morgan fingerprint density at radius 2 is 1.94 bits per heavy atom. The molecular weight excluding hydrogens is 442 g/mol. The van der Waals surface area contributed by atoms with Gasteiger partial charge in [0.1, 0.15) is 24.0 Å². The number of esters is 1. The Labute approximate surface area is 195 Å². The highest BCUT2D eigenvalue weighted by Gasteiger charge is 2.36. The Bertz CT molecular complexity index is 1210. The van der Waals surface area contributed by atoms with Crippen molar-refractivity contribution >= 4 is 11.7 Å². The monoisotopic (exact) mass is 465 g/mol. The number of benzene rings is 2. The summed E-state index contributed by atoms with van der Waals surface area (Å²) in [5, 5.41) is 20.5. The zero-order valence-corrected chi connectivity index (χ0v) is 18.9. The second-order valence-electron chi connectivity index (χ2n) is 7.24. The van der Waals surface area contributed by atoms with E-state index in [9.17, 15) is 20.2 Å². The molecule has 10 heteroatoms. The molecule has 0 saturated carbocycles. The van der Waals surface area contributed by atoms with Gasteiger partial charge in [0.2, 0.25) is 5.88 Å². The number of hydrogen-bond acceptors (Lipinski definition) is 9. The molecule has 176 valence electrons. The van der Waals surface area contributed by atoms with Gasteiger partial charge in [0.15, 0.2) is 11.5 Å². The number of ether oxygens (including phenoxy) is 4. The predicted molar refractivity (Wildman–Crippen MR) is 120 cm³/mol. The third-order valence-electron chi connectivity index (χ3n) is 5.16. The van der Waals surface area contributed by atoms with E-state index in [0.29, 0.717) is 17.1 Å². The molecule has 3 rings (SSSR count). The highest BCUT2D eigenvalue weighted by Crippen LogP contribution is 2.42. The Morgan fingerprint density at radius 3 is 2.53 bits per heavy atom. The molecule has 0 amide bonds. The SMILES string of the molecule is CCOC(=O)C1=C(C)OC(N)=C(C#N)C1c1ccc(OCc2ccc([N+](=O)[O-])cc2)c(OC)c1. The van der Waals surface area contributed by atoms with Crippen LogP contribution in [0.25, 0.3) is 0 Å². The standard InChI is InChI=1S/C24H23N3O7/c1-4-32-24(28)21-14(2)34-23(26)18(12-25)22(21)16-7-10-19(20(11-16)31-3)33-13-15-5-8-17(9-6-15)27(29)30/h5-11,22H,4,13,26H2,1-3H3. The fraction of sp³-hybridized carbons (Fsp3) is 0.250. The first kappa shape index (κ1) is 24.1. The van der Waals surface area contributed by atoms with Crippen LogP contribution in [-0.4, -0.2) is 24.6 Å². The number of nitrogens with two attached hydrogens (primary N) is 1. The topological polar surface area (TPSA) is 147 Å². The number of nitro groups is 1. The van der Waals surface area contributed by atoms with E-state index >= 15 is 0 Å². The molecule has 0 fully saturated rings. The summed E-state index contributed by atoms with van der Waals surface area (Å²) in [6.45, 7) is 3.57. The third-order valence-corrected chi connectivity index (χ3v) is 5.16. The van der Waals surface area contributed by atoms with Gasteiger partial charge in [-0.1, -0.05) is 6.07 Å².